The predicted octanol–water partition coefficient (Wildman–Crippen LogP) is -1.30. The van der Waals surface area contributed by atoms with Crippen LogP contribution >= 0.6 is 0 Å². The molecular weight excluding hydrogens is 238 g/mol. The maximum absolute atomic E-state index is 12.0. The lowest BCUT2D eigenvalue weighted by molar-refractivity contribution is -0.0411. The number of hydrogen-bond acceptors (Lipinski definition) is 5. The first-order chi connectivity index (χ1) is 8.47. The topological polar surface area (TPSA) is 100 Å². The quantitative estimate of drug-likeness (QED) is 0.611. The fraction of sp³-hybridized carbons (Fsp3) is 0.636. The zero-order chi connectivity index (χ0) is 13.4. The number of nitrogens with one attached hydrogen (secondary N) is 1. The van der Waals surface area contributed by atoms with Crippen molar-refractivity contribution in [2.75, 3.05) is 0 Å². The maximum Gasteiger partial charge on any atom is 0.331 e. The molecule has 1 fully saturated rings. The third-order valence-corrected chi connectivity index (χ3v) is 3.28. The normalized spacial score (nSPS) is 31.8. The van der Waals surface area contributed by atoms with E-state index in [1.54, 1.807) is 0 Å². The Labute approximate surface area is 103 Å². The van der Waals surface area contributed by atoms with Crippen molar-refractivity contribution >= 4 is 0 Å². The summed E-state index contributed by atoms with van der Waals surface area (Å²) < 4.78 is 7.82. The molecule has 2 heterocycles. The molecule has 0 aliphatic carbocycles. The van der Waals surface area contributed by atoms with Gasteiger partial charge in [0.2, 0.25) is 0 Å². The minimum absolute atomic E-state index is 0.0660. The fourth-order valence-electron chi connectivity index (χ4n) is 2.09. The van der Waals surface area contributed by atoms with Gasteiger partial charge in [-0.05, 0) is 12.5 Å². The SMILES string of the molecule is CC[C@H]1O[C@@H](n2ccc(=N)n(C)c2=O)C(O)C1O. The fourth-order valence-corrected chi connectivity index (χ4v) is 2.09. The zero-order valence-corrected chi connectivity index (χ0v) is 10.3. The average Bonchev–Trinajstić information content (AvgIpc) is 2.64. The molecule has 0 aromatic carbocycles. The highest BCUT2D eigenvalue weighted by molar-refractivity contribution is 4.93. The van der Waals surface area contributed by atoms with Gasteiger partial charge >= 0.3 is 5.69 Å². The molecule has 0 radical (unpaired) electrons. The first-order valence-electron chi connectivity index (χ1n) is 5.81. The Morgan fingerprint density at radius 1 is 1.44 bits per heavy atom. The Kier molecular flexibility index (Phi) is 3.38. The van der Waals surface area contributed by atoms with Gasteiger partial charge < -0.3 is 14.9 Å². The van der Waals surface area contributed by atoms with Crippen molar-refractivity contribution in [2.24, 2.45) is 7.05 Å². The van der Waals surface area contributed by atoms with Crippen LogP contribution in [0.25, 0.3) is 0 Å². The third kappa shape index (κ3) is 1.90. The molecule has 1 aromatic heterocycles. The maximum atomic E-state index is 12.0. The lowest BCUT2D eigenvalue weighted by Gasteiger charge is -2.18. The highest BCUT2D eigenvalue weighted by atomic mass is 16.6. The van der Waals surface area contributed by atoms with E-state index >= 15 is 0 Å². The van der Waals surface area contributed by atoms with Crippen molar-refractivity contribution in [3.8, 4) is 0 Å². The van der Waals surface area contributed by atoms with Crippen LogP contribution in [0.2, 0.25) is 0 Å². The Bertz CT molecular complexity index is 550. The van der Waals surface area contributed by atoms with Crippen LogP contribution in [0, 0.1) is 5.41 Å². The molecular formula is C11H17N3O4. The second-order valence-electron chi connectivity index (χ2n) is 4.40. The lowest BCUT2D eigenvalue weighted by Crippen LogP contribution is -2.41. The summed E-state index contributed by atoms with van der Waals surface area (Å²) >= 11 is 0. The second kappa shape index (κ2) is 4.68. The smallest absolute Gasteiger partial charge is 0.331 e. The molecule has 7 nitrogen and oxygen atoms in total. The van der Waals surface area contributed by atoms with E-state index in [1.165, 1.54) is 23.9 Å². The molecule has 1 saturated heterocycles. The van der Waals surface area contributed by atoms with Gasteiger partial charge in [-0.1, -0.05) is 6.92 Å². The first-order valence-corrected chi connectivity index (χ1v) is 5.81. The second-order valence-corrected chi connectivity index (χ2v) is 4.40. The van der Waals surface area contributed by atoms with Crippen LogP contribution in [0.3, 0.4) is 0 Å². The Balaban J connectivity index is 2.42. The van der Waals surface area contributed by atoms with Crippen LogP contribution in [-0.4, -0.2) is 37.7 Å². The highest BCUT2D eigenvalue weighted by Gasteiger charge is 2.43. The average molecular weight is 255 g/mol. The molecule has 0 spiro atoms. The van der Waals surface area contributed by atoms with Crippen molar-refractivity contribution in [1.29, 1.82) is 5.41 Å². The van der Waals surface area contributed by atoms with Gasteiger partial charge in [0.05, 0.1) is 6.10 Å². The summed E-state index contributed by atoms with van der Waals surface area (Å²) in [5.41, 5.74) is -0.396. The van der Waals surface area contributed by atoms with Crippen LogP contribution in [0.5, 0.6) is 0 Å². The minimum Gasteiger partial charge on any atom is -0.388 e. The van der Waals surface area contributed by atoms with Crippen molar-refractivity contribution in [1.82, 2.24) is 9.13 Å². The minimum atomic E-state index is -1.15. The summed E-state index contributed by atoms with van der Waals surface area (Å²) in [4.78, 5) is 12.0. The molecule has 1 aliphatic rings. The van der Waals surface area contributed by atoms with E-state index in [1.807, 2.05) is 6.92 Å². The van der Waals surface area contributed by atoms with Gasteiger partial charge in [0.25, 0.3) is 0 Å². The summed E-state index contributed by atoms with van der Waals surface area (Å²) in [6, 6.07) is 1.43. The molecule has 0 bridgehead atoms. The molecule has 2 rings (SSSR count). The molecule has 0 saturated carbocycles. The molecule has 0 amide bonds. The van der Waals surface area contributed by atoms with Gasteiger partial charge in [0.1, 0.15) is 17.7 Å². The molecule has 100 valence electrons. The van der Waals surface area contributed by atoms with Gasteiger partial charge in [-0.3, -0.25) is 14.5 Å². The van der Waals surface area contributed by atoms with Gasteiger partial charge in [-0.2, -0.15) is 0 Å². The van der Waals surface area contributed by atoms with Gasteiger partial charge in [0, 0.05) is 13.2 Å². The van der Waals surface area contributed by atoms with E-state index < -0.39 is 30.2 Å². The monoisotopic (exact) mass is 255 g/mol. The molecule has 2 unspecified atom stereocenters. The van der Waals surface area contributed by atoms with Crippen LogP contribution in [-0.2, 0) is 11.8 Å². The summed E-state index contributed by atoms with van der Waals surface area (Å²) in [7, 11) is 1.47. The van der Waals surface area contributed by atoms with Gasteiger partial charge in [-0.15, -0.1) is 0 Å². The number of hydrogen-bond donors (Lipinski definition) is 3. The van der Waals surface area contributed by atoms with Crippen molar-refractivity contribution in [3.05, 3.63) is 28.2 Å². The van der Waals surface area contributed by atoms with Crippen LogP contribution in [0.4, 0.5) is 0 Å². The van der Waals surface area contributed by atoms with Crippen molar-refractivity contribution < 1.29 is 14.9 Å². The van der Waals surface area contributed by atoms with E-state index in [2.05, 4.69) is 0 Å². The van der Waals surface area contributed by atoms with E-state index in [0.717, 1.165) is 4.57 Å². The lowest BCUT2D eigenvalue weighted by atomic mass is 10.1. The van der Waals surface area contributed by atoms with Crippen LogP contribution in [0.1, 0.15) is 19.6 Å². The number of nitrogens with zero attached hydrogens (tertiary/aromatic N) is 2. The Morgan fingerprint density at radius 3 is 2.67 bits per heavy atom. The third-order valence-electron chi connectivity index (χ3n) is 3.28. The molecule has 7 heteroatoms. The molecule has 1 aromatic rings. The highest BCUT2D eigenvalue weighted by Crippen LogP contribution is 2.29. The number of ether oxygens (including phenoxy) is 1. The standard InChI is InChI=1S/C11H17N3O4/c1-3-6-8(15)9(16)10(18-6)14-5-4-7(12)13(2)11(14)17/h4-6,8-10,12,15-16H,3H2,1-2H3/t6-,8?,9?,10-/m1/s1. The largest absolute Gasteiger partial charge is 0.388 e. The van der Waals surface area contributed by atoms with E-state index in [-0.39, 0.29) is 5.49 Å². The van der Waals surface area contributed by atoms with E-state index in [0.29, 0.717) is 6.42 Å². The molecule has 4 atom stereocenters. The van der Waals surface area contributed by atoms with Gasteiger partial charge in [-0.25, -0.2) is 4.79 Å². The Hall–Kier alpha value is -1.44. The van der Waals surface area contributed by atoms with Crippen molar-refractivity contribution in [3.63, 3.8) is 0 Å². The molecule has 1 aliphatic heterocycles. The molecule has 18 heavy (non-hydrogen) atoms. The molecule has 3 N–H and O–H groups in total. The summed E-state index contributed by atoms with van der Waals surface area (Å²) in [6.07, 6.45) is -1.62. The number of rotatable bonds is 2. The summed E-state index contributed by atoms with van der Waals surface area (Å²) in [6.45, 7) is 1.83. The number of aliphatic hydroxyl groups excluding tert-OH is 2. The number of aromatic nitrogens is 2. The van der Waals surface area contributed by atoms with Crippen LogP contribution < -0.4 is 11.2 Å². The van der Waals surface area contributed by atoms with Crippen molar-refractivity contribution in [2.45, 2.75) is 37.9 Å². The predicted molar refractivity (Wildman–Crippen MR) is 61.7 cm³/mol. The van der Waals surface area contributed by atoms with E-state index in [4.69, 9.17) is 10.1 Å². The Morgan fingerprint density at radius 2 is 2.11 bits per heavy atom. The zero-order valence-electron chi connectivity index (χ0n) is 10.3. The first kappa shape index (κ1) is 13.0. The van der Waals surface area contributed by atoms with E-state index in [9.17, 15) is 15.0 Å². The summed E-state index contributed by atoms with van der Waals surface area (Å²) in [5.74, 6) is 0. The van der Waals surface area contributed by atoms with Gasteiger partial charge in [0.15, 0.2) is 6.23 Å². The summed E-state index contributed by atoms with van der Waals surface area (Å²) in [5, 5.41) is 27.2. The number of aliphatic hydroxyl groups is 2. The van der Waals surface area contributed by atoms with Crippen LogP contribution in [0.15, 0.2) is 17.1 Å².